The number of thioether (sulfide) groups is 1. The first kappa shape index (κ1) is 21.9. The van der Waals surface area contributed by atoms with Crippen LogP contribution < -0.4 is 4.74 Å². The maximum Gasteiger partial charge on any atom is 0.232 e. The van der Waals surface area contributed by atoms with Crippen molar-refractivity contribution in [1.29, 1.82) is 5.26 Å². The molecule has 1 saturated heterocycles. The molecule has 2 aromatic carbocycles. The summed E-state index contributed by atoms with van der Waals surface area (Å²) in [6, 6.07) is 21.8. The van der Waals surface area contributed by atoms with Crippen LogP contribution in [-0.2, 0) is 4.79 Å². The van der Waals surface area contributed by atoms with Crippen LogP contribution in [0.15, 0.2) is 65.7 Å². The maximum atomic E-state index is 12.7. The number of aromatic nitrogens is 1. The zero-order chi connectivity index (χ0) is 22.3. The minimum atomic E-state index is 0.108. The second-order valence-electron chi connectivity index (χ2n) is 7.67. The third-order valence-electron chi connectivity index (χ3n) is 5.61. The molecular formula is C26H25N3O2S. The minimum absolute atomic E-state index is 0.108. The summed E-state index contributed by atoms with van der Waals surface area (Å²) in [5.41, 5.74) is 3.95. The monoisotopic (exact) mass is 443 g/mol. The molecule has 162 valence electrons. The van der Waals surface area contributed by atoms with E-state index in [0.29, 0.717) is 10.6 Å². The van der Waals surface area contributed by atoms with Crippen LogP contribution in [-0.4, -0.2) is 41.7 Å². The van der Waals surface area contributed by atoms with Gasteiger partial charge in [0.05, 0.1) is 24.1 Å². The molecule has 0 aliphatic carbocycles. The number of pyridine rings is 1. The fraction of sp³-hybridized carbons (Fsp3) is 0.269. The summed E-state index contributed by atoms with van der Waals surface area (Å²) in [5, 5.41) is 10.6. The SMILES string of the molecule is COc1ccc(-c2cc(-c3ccccc3)nc(SCC(=O)N3CCCCC3)c2C#N)cc1. The zero-order valence-electron chi connectivity index (χ0n) is 18.1. The Bertz CT molecular complexity index is 1120. The molecule has 0 unspecified atom stereocenters. The highest BCUT2D eigenvalue weighted by Crippen LogP contribution is 2.35. The molecule has 4 rings (SSSR count). The highest BCUT2D eigenvalue weighted by Gasteiger charge is 2.20. The van der Waals surface area contributed by atoms with E-state index in [-0.39, 0.29) is 11.7 Å². The zero-order valence-corrected chi connectivity index (χ0v) is 18.9. The molecular weight excluding hydrogens is 418 g/mol. The summed E-state index contributed by atoms with van der Waals surface area (Å²) in [5.74, 6) is 1.14. The normalized spacial score (nSPS) is 13.4. The number of rotatable bonds is 6. The van der Waals surface area contributed by atoms with Gasteiger partial charge in [-0.1, -0.05) is 54.2 Å². The largest absolute Gasteiger partial charge is 0.497 e. The molecule has 1 aliphatic rings. The minimum Gasteiger partial charge on any atom is -0.497 e. The van der Waals surface area contributed by atoms with E-state index in [9.17, 15) is 10.1 Å². The molecule has 1 fully saturated rings. The maximum absolute atomic E-state index is 12.7. The van der Waals surface area contributed by atoms with E-state index in [2.05, 4.69) is 6.07 Å². The highest BCUT2D eigenvalue weighted by atomic mass is 32.2. The Kier molecular flexibility index (Phi) is 7.08. The number of methoxy groups -OCH3 is 1. The van der Waals surface area contributed by atoms with Crippen LogP contribution in [0.2, 0.25) is 0 Å². The van der Waals surface area contributed by atoms with Gasteiger partial charge in [-0.2, -0.15) is 5.26 Å². The van der Waals surface area contributed by atoms with E-state index < -0.39 is 0 Å². The van der Waals surface area contributed by atoms with Crippen LogP contribution in [0, 0.1) is 11.3 Å². The van der Waals surface area contributed by atoms with Crippen molar-refractivity contribution in [2.45, 2.75) is 24.3 Å². The molecule has 0 saturated carbocycles. The van der Waals surface area contributed by atoms with Crippen molar-refractivity contribution >= 4 is 17.7 Å². The summed E-state index contributed by atoms with van der Waals surface area (Å²) in [6.07, 6.45) is 3.30. The average Bonchev–Trinajstić information content (AvgIpc) is 2.87. The molecule has 32 heavy (non-hydrogen) atoms. The van der Waals surface area contributed by atoms with E-state index >= 15 is 0 Å². The smallest absolute Gasteiger partial charge is 0.232 e. The number of carbonyl (C=O) groups is 1. The van der Waals surface area contributed by atoms with Gasteiger partial charge in [0.25, 0.3) is 0 Å². The van der Waals surface area contributed by atoms with Crippen LogP contribution in [0.1, 0.15) is 24.8 Å². The van der Waals surface area contributed by atoms with Gasteiger partial charge >= 0.3 is 0 Å². The van der Waals surface area contributed by atoms with Gasteiger partial charge in [-0.05, 0) is 43.0 Å². The average molecular weight is 444 g/mol. The number of piperidine rings is 1. The van der Waals surface area contributed by atoms with E-state index in [1.807, 2.05) is 65.6 Å². The third-order valence-corrected chi connectivity index (χ3v) is 6.57. The van der Waals surface area contributed by atoms with Gasteiger partial charge in [-0.25, -0.2) is 4.98 Å². The standard InChI is InChI=1S/C26H25N3O2S/c1-31-21-12-10-19(11-13-21)22-16-24(20-8-4-2-5-9-20)28-26(23(22)17-27)32-18-25(30)29-14-6-3-7-15-29/h2,4-5,8-13,16H,3,6-7,14-15,18H2,1H3. The number of nitriles is 1. The summed E-state index contributed by atoms with van der Waals surface area (Å²) in [4.78, 5) is 19.5. The number of benzene rings is 2. The van der Waals surface area contributed by atoms with Crippen molar-refractivity contribution in [2.75, 3.05) is 26.0 Å². The van der Waals surface area contributed by atoms with E-state index in [1.165, 1.54) is 18.2 Å². The van der Waals surface area contributed by atoms with E-state index in [1.54, 1.807) is 7.11 Å². The van der Waals surface area contributed by atoms with Gasteiger partial charge in [-0.3, -0.25) is 4.79 Å². The Morgan fingerprint density at radius 3 is 2.44 bits per heavy atom. The fourth-order valence-corrected chi connectivity index (χ4v) is 4.76. The Hall–Kier alpha value is -3.30. The molecule has 1 aliphatic heterocycles. The Balaban J connectivity index is 1.71. The number of likely N-dealkylation sites (tertiary alicyclic amines) is 1. The Labute approximate surface area is 193 Å². The lowest BCUT2D eigenvalue weighted by atomic mass is 9.99. The summed E-state index contributed by atoms with van der Waals surface area (Å²) < 4.78 is 5.28. The second kappa shape index (κ2) is 10.3. The lowest BCUT2D eigenvalue weighted by Crippen LogP contribution is -2.36. The molecule has 3 aromatic rings. The van der Waals surface area contributed by atoms with E-state index in [0.717, 1.165) is 54.1 Å². The third kappa shape index (κ3) is 4.95. The molecule has 6 heteroatoms. The first-order valence-electron chi connectivity index (χ1n) is 10.7. The first-order valence-corrected chi connectivity index (χ1v) is 11.7. The molecule has 0 atom stereocenters. The van der Waals surface area contributed by atoms with Gasteiger partial charge in [0.15, 0.2) is 0 Å². The van der Waals surface area contributed by atoms with Gasteiger partial charge < -0.3 is 9.64 Å². The molecule has 5 nitrogen and oxygen atoms in total. The van der Waals surface area contributed by atoms with E-state index in [4.69, 9.17) is 9.72 Å². The van der Waals surface area contributed by atoms with Gasteiger partial charge in [0.1, 0.15) is 16.8 Å². The summed E-state index contributed by atoms with van der Waals surface area (Å²) in [7, 11) is 1.63. The molecule has 1 aromatic heterocycles. The molecule has 0 bridgehead atoms. The van der Waals surface area contributed by atoms with Crippen LogP contribution >= 0.6 is 11.8 Å². The Morgan fingerprint density at radius 1 is 1.06 bits per heavy atom. The Morgan fingerprint density at radius 2 is 1.78 bits per heavy atom. The summed E-state index contributed by atoms with van der Waals surface area (Å²) >= 11 is 1.35. The fourth-order valence-electron chi connectivity index (χ4n) is 3.85. The molecule has 2 heterocycles. The van der Waals surface area contributed by atoms with Crippen LogP contribution in [0.25, 0.3) is 22.4 Å². The predicted octanol–water partition coefficient (Wildman–Crippen LogP) is 5.40. The number of amides is 1. The van der Waals surface area contributed by atoms with Crippen molar-refractivity contribution in [3.63, 3.8) is 0 Å². The number of nitrogens with zero attached hydrogens (tertiary/aromatic N) is 3. The molecule has 0 N–H and O–H groups in total. The quantitative estimate of drug-likeness (QED) is 0.477. The first-order chi connectivity index (χ1) is 15.7. The van der Waals surface area contributed by atoms with Crippen molar-refractivity contribution in [2.24, 2.45) is 0 Å². The lowest BCUT2D eigenvalue weighted by molar-refractivity contribution is -0.129. The number of carbonyl (C=O) groups excluding carboxylic acids is 1. The number of hydrogen-bond donors (Lipinski definition) is 0. The van der Waals surface area contributed by atoms with Gasteiger partial charge in [0.2, 0.25) is 5.91 Å². The van der Waals surface area contributed by atoms with Crippen molar-refractivity contribution in [1.82, 2.24) is 9.88 Å². The second-order valence-corrected chi connectivity index (χ2v) is 8.64. The molecule has 0 radical (unpaired) electrons. The molecule has 0 spiro atoms. The lowest BCUT2D eigenvalue weighted by Gasteiger charge is -2.26. The van der Waals surface area contributed by atoms with Crippen LogP contribution in [0.5, 0.6) is 5.75 Å². The highest BCUT2D eigenvalue weighted by molar-refractivity contribution is 8.00. The van der Waals surface area contributed by atoms with Crippen LogP contribution in [0.3, 0.4) is 0 Å². The van der Waals surface area contributed by atoms with Crippen molar-refractivity contribution in [3.8, 4) is 34.2 Å². The molecule has 1 amide bonds. The van der Waals surface area contributed by atoms with Crippen molar-refractivity contribution in [3.05, 3.63) is 66.2 Å². The van der Waals surface area contributed by atoms with Crippen molar-refractivity contribution < 1.29 is 9.53 Å². The number of ether oxygens (including phenoxy) is 1. The van der Waals surface area contributed by atoms with Gasteiger partial charge in [-0.15, -0.1) is 0 Å². The predicted molar refractivity (Wildman–Crippen MR) is 128 cm³/mol. The topological polar surface area (TPSA) is 66.2 Å². The summed E-state index contributed by atoms with van der Waals surface area (Å²) in [6.45, 7) is 1.64. The van der Waals surface area contributed by atoms with Gasteiger partial charge in [0, 0.05) is 24.2 Å². The van der Waals surface area contributed by atoms with Crippen LogP contribution in [0.4, 0.5) is 0 Å². The number of hydrogen-bond acceptors (Lipinski definition) is 5.